The van der Waals surface area contributed by atoms with Gasteiger partial charge in [-0.05, 0) is 54.7 Å². The molecule has 2 aromatic carbocycles. The van der Waals surface area contributed by atoms with Crippen molar-refractivity contribution < 1.29 is 9.53 Å². The molecule has 1 aliphatic rings. The van der Waals surface area contributed by atoms with E-state index in [1.807, 2.05) is 53.4 Å². The Morgan fingerprint density at radius 2 is 1.48 bits per heavy atom. The highest BCUT2D eigenvalue weighted by atomic mass is 16.5. The zero-order valence-corrected chi connectivity index (χ0v) is 17.3. The monoisotopic (exact) mass is 394 g/mol. The Morgan fingerprint density at radius 1 is 0.931 bits per heavy atom. The molecule has 6 nitrogen and oxygen atoms in total. The van der Waals surface area contributed by atoms with Gasteiger partial charge in [0.2, 0.25) is 0 Å². The van der Waals surface area contributed by atoms with Crippen molar-refractivity contribution in [3.05, 3.63) is 65.2 Å². The van der Waals surface area contributed by atoms with Crippen LogP contribution in [0.3, 0.4) is 0 Å². The van der Waals surface area contributed by atoms with E-state index in [1.54, 1.807) is 14.2 Å². The van der Waals surface area contributed by atoms with Crippen LogP contribution in [0.5, 0.6) is 5.75 Å². The lowest BCUT2D eigenvalue weighted by Gasteiger charge is -2.26. The Kier molecular flexibility index (Phi) is 7.50. The number of piperidine rings is 1. The molecule has 2 aromatic rings. The summed E-state index contributed by atoms with van der Waals surface area (Å²) in [5.74, 6) is 1.72. The van der Waals surface area contributed by atoms with E-state index in [2.05, 4.69) is 15.6 Å². The molecule has 0 radical (unpaired) electrons. The number of likely N-dealkylation sites (tertiary alicyclic amines) is 1. The molecule has 0 saturated carbocycles. The van der Waals surface area contributed by atoms with Gasteiger partial charge in [-0.1, -0.05) is 24.3 Å². The number of rotatable bonds is 6. The third-order valence-corrected chi connectivity index (χ3v) is 5.15. The highest BCUT2D eigenvalue weighted by Gasteiger charge is 2.17. The maximum atomic E-state index is 12.6. The van der Waals surface area contributed by atoms with E-state index in [0.29, 0.717) is 13.1 Å². The average Bonchev–Trinajstić information content (AvgIpc) is 2.80. The third kappa shape index (κ3) is 5.98. The Hall–Kier alpha value is -3.02. The highest BCUT2D eigenvalue weighted by molar-refractivity contribution is 5.94. The quantitative estimate of drug-likeness (QED) is 0.583. The van der Waals surface area contributed by atoms with Crippen molar-refractivity contribution >= 4 is 11.9 Å². The SMILES string of the molecule is CN=C(NCc1ccc(OC)cc1)NCc1ccc(C(=O)N2CCCCC2)cc1. The number of guanidine groups is 1. The Morgan fingerprint density at radius 3 is 2.00 bits per heavy atom. The van der Waals surface area contributed by atoms with Crippen molar-refractivity contribution in [3.8, 4) is 5.75 Å². The molecule has 1 heterocycles. The number of nitrogens with zero attached hydrogens (tertiary/aromatic N) is 2. The molecule has 1 amide bonds. The molecule has 2 N–H and O–H groups in total. The molecule has 29 heavy (non-hydrogen) atoms. The number of methoxy groups -OCH3 is 1. The summed E-state index contributed by atoms with van der Waals surface area (Å²) >= 11 is 0. The summed E-state index contributed by atoms with van der Waals surface area (Å²) in [4.78, 5) is 18.8. The van der Waals surface area contributed by atoms with Crippen molar-refractivity contribution in [1.29, 1.82) is 0 Å². The molecule has 0 spiro atoms. The fourth-order valence-electron chi connectivity index (χ4n) is 3.38. The molecule has 6 heteroatoms. The van der Waals surface area contributed by atoms with Crippen LogP contribution in [0.1, 0.15) is 40.7 Å². The second-order valence-electron chi connectivity index (χ2n) is 7.18. The average molecular weight is 395 g/mol. The zero-order valence-electron chi connectivity index (χ0n) is 17.3. The van der Waals surface area contributed by atoms with Gasteiger partial charge >= 0.3 is 0 Å². The Balaban J connectivity index is 1.48. The fourth-order valence-corrected chi connectivity index (χ4v) is 3.38. The number of benzene rings is 2. The first-order valence-corrected chi connectivity index (χ1v) is 10.2. The summed E-state index contributed by atoms with van der Waals surface area (Å²) in [5, 5.41) is 6.61. The van der Waals surface area contributed by atoms with Crippen molar-refractivity contribution in [2.75, 3.05) is 27.2 Å². The van der Waals surface area contributed by atoms with Gasteiger partial charge in [-0.15, -0.1) is 0 Å². The topological polar surface area (TPSA) is 66.0 Å². The van der Waals surface area contributed by atoms with E-state index in [4.69, 9.17) is 4.74 Å². The predicted molar refractivity (Wildman–Crippen MR) is 116 cm³/mol. The molecule has 1 fully saturated rings. The maximum Gasteiger partial charge on any atom is 0.253 e. The number of amides is 1. The van der Waals surface area contributed by atoms with Gasteiger partial charge < -0.3 is 20.3 Å². The maximum absolute atomic E-state index is 12.6. The second-order valence-corrected chi connectivity index (χ2v) is 7.18. The molecule has 0 aliphatic carbocycles. The van der Waals surface area contributed by atoms with Crippen LogP contribution >= 0.6 is 0 Å². The fraction of sp³-hybridized carbons (Fsp3) is 0.391. The molecule has 154 valence electrons. The van der Waals surface area contributed by atoms with E-state index in [9.17, 15) is 4.79 Å². The van der Waals surface area contributed by atoms with Crippen LogP contribution in [0.15, 0.2) is 53.5 Å². The standard InChI is InChI=1S/C23H30N4O2/c1-24-23(26-17-19-8-12-21(29-2)13-9-19)25-16-18-6-10-20(11-7-18)22(28)27-14-4-3-5-15-27/h6-13H,3-5,14-17H2,1-2H3,(H2,24,25,26). The third-order valence-electron chi connectivity index (χ3n) is 5.15. The lowest BCUT2D eigenvalue weighted by Crippen LogP contribution is -2.36. The van der Waals surface area contributed by atoms with Crippen molar-refractivity contribution in [2.24, 2.45) is 4.99 Å². The summed E-state index contributed by atoms with van der Waals surface area (Å²) in [5.41, 5.74) is 3.01. The molecular weight excluding hydrogens is 364 g/mol. The minimum atomic E-state index is 0.140. The number of aliphatic imine (C=N–C) groups is 1. The first-order chi connectivity index (χ1) is 14.2. The van der Waals surface area contributed by atoms with Gasteiger partial charge in [0.05, 0.1) is 7.11 Å². The number of hydrogen-bond donors (Lipinski definition) is 2. The molecular formula is C23H30N4O2. The number of nitrogens with one attached hydrogen (secondary N) is 2. The smallest absolute Gasteiger partial charge is 0.253 e. The van der Waals surface area contributed by atoms with E-state index < -0.39 is 0 Å². The molecule has 1 saturated heterocycles. The Bertz CT molecular complexity index is 810. The van der Waals surface area contributed by atoms with Gasteiger partial charge in [-0.3, -0.25) is 9.79 Å². The van der Waals surface area contributed by atoms with Gasteiger partial charge in [0, 0.05) is 38.8 Å². The summed E-state index contributed by atoms with van der Waals surface area (Å²) in [6.45, 7) is 3.06. The lowest BCUT2D eigenvalue weighted by atomic mass is 10.1. The van der Waals surface area contributed by atoms with E-state index in [0.717, 1.165) is 54.3 Å². The summed E-state index contributed by atoms with van der Waals surface area (Å²) in [6.07, 6.45) is 3.44. The van der Waals surface area contributed by atoms with E-state index >= 15 is 0 Å². The summed E-state index contributed by atoms with van der Waals surface area (Å²) in [6, 6.07) is 15.8. The van der Waals surface area contributed by atoms with Crippen molar-refractivity contribution in [2.45, 2.75) is 32.4 Å². The van der Waals surface area contributed by atoms with E-state index in [-0.39, 0.29) is 5.91 Å². The largest absolute Gasteiger partial charge is 0.497 e. The first kappa shape index (κ1) is 20.7. The molecule has 0 atom stereocenters. The molecule has 0 unspecified atom stereocenters. The number of hydrogen-bond acceptors (Lipinski definition) is 3. The van der Waals surface area contributed by atoms with Crippen LogP contribution in [-0.4, -0.2) is 44.0 Å². The molecule has 1 aliphatic heterocycles. The van der Waals surface area contributed by atoms with Crippen molar-refractivity contribution in [1.82, 2.24) is 15.5 Å². The van der Waals surface area contributed by atoms with Gasteiger partial charge in [0.25, 0.3) is 5.91 Å². The second kappa shape index (κ2) is 10.5. The van der Waals surface area contributed by atoms with Gasteiger partial charge in [0.15, 0.2) is 5.96 Å². The van der Waals surface area contributed by atoms with Crippen LogP contribution in [0.25, 0.3) is 0 Å². The first-order valence-electron chi connectivity index (χ1n) is 10.2. The van der Waals surface area contributed by atoms with Crippen LogP contribution in [0, 0.1) is 0 Å². The minimum Gasteiger partial charge on any atom is -0.497 e. The zero-order chi connectivity index (χ0) is 20.5. The Labute approximate surface area is 173 Å². The minimum absolute atomic E-state index is 0.140. The van der Waals surface area contributed by atoms with Crippen LogP contribution < -0.4 is 15.4 Å². The van der Waals surface area contributed by atoms with Gasteiger partial charge in [-0.25, -0.2) is 0 Å². The van der Waals surface area contributed by atoms with Gasteiger partial charge in [-0.2, -0.15) is 0 Å². The number of ether oxygens (including phenoxy) is 1. The van der Waals surface area contributed by atoms with Crippen molar-refractivity contribution in [3.63, 3.8) is 0 Å². The number of carbonyl (C=O) groups excluding carboxylic acids is 1. The lowest BCUT2D eigenvalue weighted by molar-refractivity contribution is 0.0724. The summed E-state index contributed by atoms with van der Waals surface area (Å²) < 4.78 is 5.18. The normalized spacial score (nSPS) is 14.4. The van der Waals surface area contributed by atoms with Crippen LogP contribution in [-0.2, 0) is 13.1 Å². The molecule has 0 aromatic heterocycles. The molecule has 3 rings (SSSR count). The summed E-state index contributed by atoms with van der Waals surface area (Å²) in [7, 11) is 3.42. The molecule has 0 bridgehead atoms. The highest BCUT2D eigenvalue weighted by Crippen LogP contribution is 2.14. The van der Waals surface area contributed by atoms with Crippen LogP contribution in [0.4, 0.5) is 0 Å². The van der Waals surface area contributed by atoms with Crippen LogP contribution in [0.2, 0.25) is 0 Å². The predicted octanol–water partition coefficient (Wildman–Crippen LogP) is 3.19. The number of carbonyl (C=O) groups is 1. The van der Waals surface area contributed by atoms with E-state index in [1.165, 1.54) is 6.42 Å². The van der Waals surface area contributed by atoms with Gasteiger partial charge in [0.1, 0.15) is 5.75 Å².